The molecule has 2 aliphatic heterocycles. The number of hydrogen-bond acceptors (Lipinski definition) is 6. The number of benzene rings is 2. The Morgan fingerprint density at radius 3 is 2.47 bits per heavy atom. The van der Waals surface area contributed by atoms with Crippen molar-refractivity contribution in [2.24, 2.45) is 0 Å². The van der Waals surface area contributed by atoms with Crippen LogP contribution in [0.4, 0.5) is 0 Å². The molecule has 0 spiro atoms. The zero-order chi connectivity index (χ0) is 24.0. The van der Waals surface area contributed by atoms with Crippen LogP contribution in [0, 0.1) is 0 Å². The molecule has 0 aliphatic carbocycles. The van der Waals surface area contributed by atoms with E-state index >= 15 is 0 Å². The number of rotatable bonds is 9. The van der Waals surface area contributed by atoms with Crippen LogP contribution >= 0.6 is 11.8 Å². The molecule has 1 saturated heterocycles. The quantitative estimate of drug-likeness (QED) is 0.360. The van der Waals surface area contributed by atoms with Gasteiger partial charge in [0.15, 0.2) is 0 Å². The first kappa shape index (κ1) is 24.8. The third-order valence-electron chi connectivity index (χ3n) is 6.76. The first-order valence-electron chi connectivity index (χ1n) is 12.4. The summed E-state index contributed by atoms with van der Waals surface area (Å²) >= 11 is 1.32. The van der Waals surface area contributed by atoms with Crippen LogP contribution in [0.15, 0.2) is 70.2 Å². The van der Waals surface area contributed by atoms with Gasteiger partial charge < -0.3 is 20.1 Å². The predicted octanol–water partition coefficient (Wildman–Crippen LogP) is 5.59. The topological polar surface area (TPSA) is 61.8 Å². The molecule has 2 aromatic rings. The lowest BCUT2D eigenvalue weighted by molar-refractivity contribution is -0.160. The number of cyclic esters (lactones) is 1. The van der Waals surface area contributed by atoms with Gasteiger partial charge in [-0.15, -0.1) is 0 Å². The highest BCUT2D eigenvalue weighted by Gasteiger charge is 2.43. The molecule has 6 heteroatoms. The minimum atomic E-state index is -0.826. The Hall–Kier alpha value is -2.28. The second kappa shape index (κ2) is 11.4. The van der Waals surface area contributed by atoms with E-state index in [4.69, 9.17) is 4.74 Å². The third-order valence-corrected chi connectivity index (χ3v) is 7.95. The summed E-state index contributed by atoms with van der Waals surface area (Å²) in [5, 5.41) is 14.5. The van der Waals surface area contributed by atoms with Gasteiger partial charge >= 0.3 is 5.97 Å². The van der Waals surface area contributed by atoms with E-state index in [1.165, 1.54) is 11.8 Å². The maximum absolute atomic E-state index is 13.3. The van der Waals surface area contributed by atoms with Gasteiger partial charge in [-0.1, -0.05) is 74.1 Å². The largest absolute Gasteiger partial charge is 0.511 e. The second-order valence-corrected chi connectivity index (χ2v) is 10.6. The molecule has 0 bridgehead atoms. The lowest BCUT2D eigenvalue weighted by atomic mass is 9.83. The van der Waals surface area contributed by atoms with Crippen LogP contribution in [0.1, 0.15) is 56.6 Å². The molecule has 2 aliphatic rings. The van der Waals surface area contributed by atoms with Gasteiger partial charge in [-0.25, -0.2) is 4.79 Å². The molecule has 5 nitrogen and oxygen atoms in total. The number of esters is 1. The maximum atomic E-state index is 13.3. The lowest BCUT2D eigenvalue weighted by Crippen LogP contribution is -2.43. The van der Waals surface area contributed by atoms with Crippen LogP contribution in [0.3, 0.4) is 0 Å². The SMILES string of the molecule is CC(C)c1ccccc1SC1=C(O)CC(CCCCN2CCNCC2)(c2ccccc2)OC1=O. The van der Waals surface area contributed by atoms with Gasteiger partial charge in [0.25, 0.3) is 0 Å². The molecule has 0 radical (unpaired) electrons. The van der Waals surface area contributed by atoms with E-state index in [0.717, 1.165) is 61.6 Å². The number of carbonyl (C=O) groups excluding carboxylic acids is 1. The molecule has 34 heavy (non-hydrogen) atoms. The number of unbranched alkanes of at least 4 members (excludes halogenated alkanes) is 1. The van der Waals surface area contributed by atoms with E-state index in [-0.39, 0.29) is 5.76 Å². The molecule has 1 atom stereocenters. The number of nitrogens with one attached hydrogen (secondary N) is 1. The van der Waals surface area contributed by atoms with Crippen LogP contribution < -0.4 is 5.32 Å². The fourth-order valence-corrected chi connectivity index (χ4v) is 5.96. The number of aliphatic hydroxyl groups is 1. The summed E-state index contributed by atoms with van der Waals surface area (Å²) in [6, 6.07) is 18.0. The highest BCUT2D eigenvalue weighted by molar-refractivity contribution is 8.04. The van der Waals surface area contributed by atoms with Gasteiger partial charge in [-0.3, -0.25) is 0 Å². The predicted molar refractivity (Wildman–Crippen MR) is 138 cm³/mol. The molecule has 0 saturated carbocycles. The van der Waals surface area contributed by atoms with Crippen LogP contribution in [-0.4, -0.2) is 48.7 Å². The van der Waals surface area contributed by atoms with Crippen molar-refractivity contribution in [2.75, 3.05) is 32.7 Å². The Kier molecular flexibility index (Phi) is 8.35. The van der Waals surface area contributed by atoms with Crippen molar-refractivity contribution < 1.29 is 14.6 Å². The third kappa shape index (κ3) is 5.85. The van der Waals surface area contributed by atoms with Gasteiger partial charge in [-0.05, 0) is 48.9 Å². The van der Waals surface area contributed by atoms with Gasteiger partial charge in [0.1, 0.15) is 16.3 Å². The molecule has 0 aromatic heterocycles. The smallest absolute Gasteiger partial charge is 0.349 e. The molecule has 1 unspecified atom stereocenters. The van der Waals surface area contributed by atoms with Gasteiger partial charge in [0.05, 0.1) is 6.42 Å². The first-order chi connectivity index (χ1) is 16.5. The van der Waals surface area contributed by atoms with Crippen LogP contribution in [0.25, 0.3) is 0 Å². The number of ether oxygens (including phenoxy) is 1. The fourth-order valence-electron chi connectivity index (χ4n) is 4.86. The van der Waals surface area contributed by atoms with Gasteiger partial charge in [0, 0.05) is 31.1 Å². The minimum absolute atomic E-state index is 0.130. The van der Waals surface area contributed by atoms with Crippen molar-refractivity contribution in [1.82, 2.24) is 10.2 Å². The lowest BCUT2D eigenvalue weighted by Gasteiger charge is -2.38. The van der Waals surface area contributed by atoms with Crippen molar-refractivity contribution >= 4 is 17.7 Å². The van der Waals surface area contributed by atoms with Crippen molar-refractivity contribution in [1.29, 1.82) is 0 Å². The molecule has 2 heterocycles. The summed E-state index contributed by atoms with van der Waals surface area (Å²) in [5.41, 5.74) is 1.28. The Balaban J connectivity index is 1.52. The van der Waals surface area contributed by atoms with Crippen LogP contribution in [-0.2, 0) is 15.1 Å². The van der Waals surface area contributed by atoms with E-state index in [9.17, 15) is 9.90 Å². The number of piperazine rings is 1. The first-order valence-corrected chi connectivity index (χ1v) is 13.2. The molecule has 182 valence electrons. The highest BCUT2D eigenvalue weighted by atomic mass is 32.2. The van der Waals surface area contributed by atoms with Crippen molar-refractivity contribution in [2.45, 2.75) is 55.9 Å². The zero-order valence-electron chi connectivity index (χ0n) is 20.3. The monoisotopic (exact) mass is 480 g/mol. The van der Waals surface area contributed by atoms with Crippen molar-refractivity contribution in [3.05, 3.63) is 76.4 Å². The van der Waals surface area contributed by atoms with E-state index < -0.39 is 11.6 Å². The number of hydrogen-bond donors (Lipinski definition) is 2. The highest BCUT2D eigenvalue weighted by Crippen LogP contribution is 2.46. The summed E-state index contributed by atoms with van der Waals surface area (Å²) in [7, 11) is 0. The molecular weight excluding hydrogens is 444 g/mol. The zero-order valence-corrected chi connectivity index (χ0v) is 21.1. The minimum Gasteiger partial charge on any atom is -0.511 e. The summed E-state index contributed by atoms with van der Waals surface area (Å²) in [4.78, 5) is 17.1. The molecule has 1 fully saturated rings. The normalized spacial score (nSPS) is 21.7. The Bertz CT molecular complexity index is 1000. The summed E-state index contributed by atoms with van der Waals surface area (Å²) in [6.45, 7) is 9.58. The molecule has 4 rings (SSSR count). The van der Waals surface area contributed by atoms with Crippen molar-refractivity contribution in [3.8, 4) is 0 Å². The summed E-state index contributed by atoms with van der Waals surface area (Å²) < 4.78 is 6.21. The van der Waals surface area contributed by atoms with Crippen LogP contribution in [0.2, 0.25) is 0 Å². The van der Waals surface area contributed by atoms with E-state index in [2.05, 4.69) is 30.1 Å². The maximum Gasteiger partial charge on any atom is 0.349 e. The average molecular weight is 481 g/mol. The standard InChI is InChI=1S/C28H36N2O3S/c1-21(2)23-12-6-7-13-25(23)34-26-24(31)20-28(33-27(26)32,22-10-4-3-5-11-22)14-8-9-17-30-18-15-29-16-19-30/h3-7,10-13,21,29,31H,8-9,14-20H2,1-2H3. The molecule has 2 aromatic carbocycles. The number of thioether (sulfide) groups is 1. The number of aliphatic hydroxyl groups excluding tert-OH is 1. The fraction of sp³-hybridized carbons (Fsp3) is 0.464. The second-order valence-electron chi connectivity index (χ2n) is 9.55. The van der Waals surface area contributed by atoms with E-state index in [1.807, 2.05) is 48.5 Å². The number of carbonyl (C=O) groups is 1. The van der Waals surface area contributed by atoms with E-state index in [1.54, 1.807) is 0 Å². The number of nitrogens with zero attached hydrogens (tertiary/aromatic N) is 1. The Morgan fingerprint density at radius 2 is 1.76 bits per heavy atom. The molecule has 0 amide bonds. The van der Waals surface area contributed by atoms with Gasteiger partial charge in [-0.2, -0.15) is 0 Å². The average Bonchev–Trinajstić information content (AvgIpc) is 2.85. The van der Waals surface area contributed by atoms with E-state index in [0.29, 0.717) is 23.7 Å². The summed E-state index contributed by atoms with van der Waals surface area (Å²) in [6.07, 6.45) is 2.97. The summed E-state index contributed by atoms with van der Waals surface area (Å²) in [5.74, 6) is 0.0224. The molecular formula is C28H36N2O3S. The van der Waals surface area contributed by atoms with Crippen LogP contribution in [0.5, 0.6) is 0 Å². The van der Waals surface area contributed by atoms with Gasteiger partial charge in [0.2, 0.25) is 0 Å². The van der Waals surface area contributed by atoms with Crippen molar-refractivity contribution in [3.63, 3.8) is 0 Å². The Morgan fingerprint density at radius 1 is 1.06 bits per heavy atom. The Labute approximate surface area is 207 Å². The molecule has 2 N–H and O–H groups in total.